The number of rotatable bonds is 7. The first-order valence-electron chi connectivity index (χ1n) is 5.09. The summed E-state index contributed by atoms with van der Waals surface area (Å²) in [6.45, 7) is 0.778. The highest BCUT2D eigenvalue weighted by atomic mass is 35.5. The Labute approximate surface area is 115 Å². The molecule has 0 spiro atoms. The van der Waals surface area contributed by atoms with Crippen molar-refractivity contribution in [1.82, 2.24) is 0 Å². The summed E-state index contributed by atoms with van der Waals surface area (Å²) in [4.78, 5) is 1.06. The molecule has 0 saturated heterocycles. The van der Waals surface area contributed by atoms with Gasteiger partial charge >= 0.3 is 0 Å². The Morgan fingerprint density at radius 2 is 1.94 bits per heavy atom. The third-order valence-corrected chi connectivity index (χ3v) is 4.93. The highest BCUT2D eigenvalue weighted by Crippen LogP contribution is 2.30. The minimum atomic E-state index is 0.739. The standard InChI is InChI=1S/C11H15Cl2NS2/c12-9-2-3-10(13)11(8-9)16-7-6-15-5-1-4-14/h2-3,8H,1,4-7,14H2. The Morgan fingerprint density at radius 3 is 2.69 bits per heavy atom. The molecule has 16 heavy (non-hydrogen) atoms. The average molecular weight is 296 g/mol. The number of hydrogen-bond acceptors (Lipinski definition) is 3. The summed E-state index contributed by atoms with van der Waals surface area (Å²) >= 11 is 15.6. The van der Waals surface area contributed by atoms with Gasteiger partial charge in [0.15, 0.2) is 0 Å². The van der Waals surface area contributed by atoms with E-state index in [4.69, 9.17) is 28.9 Å². The van der Waals surface area contributed by atoms with Crippen molar-refractivity contribution >= 4 is 46.7 Å². The maximum atomic E-state index is 6.06. The van der Waals surface area contributed by atoms with Crippen LogP contribution >= 0.6 is 46.7 Å². The molecule has 1 aromatic rings. The van der Waals surface area contributed by atoms with Crippen molar-refractivity contribution in [2.24, 2.45) is 5.73 Å². The molecule has 0 fully saturated rings. The molecule has 90 valence electrons. The van der Waals surface area contributed by atoms with Crippen LogP contribution in [0, 0.1) is 0 Å². The highest BCUT2D eigenvalue weighted by molar-refractivity contribution is 8.03. The van der Waals surface area contributed by atoms with Gasteiger partial charge in [-0.1, -0.05) is 23.2 Å². The zero-order valence-corrected chi connectivity index (χ0v) is 12.1. The van der Waals surface area contributed by atoms with Crippen LogP contribution in [0.5, 0.6) is 0 Å². The maximum absolute atomic E-state index is 6.06. The van der Waals surface area contributed by atoms with Gasteiger partial charge < -0.3 is 5.73 Å². The fourth-order valence-electron chi connectivity index (χ4n) is 1.09. The topological polar surface area (TPSA) is 26.0 Å². The van der Waals surface area contributed by atoms with Gasteiger partial charge in [-0.3, -0.25) is 0 Å². The Kier molecular flexibility index (Phi) is 7.75. The zero-order valence-electron chi connectivity index (χ0n) is 8.92. The van der Waals surface area contributed by atoms with E-state index >= 15 is 0 Å². The van der Waals surface area contributed by atoms with Crippen molar-refractivity contribution in [3.8, 4) is 0 Å². The van der Waals surface area contributed by atoms with Crippen LogP contribution in [0.3, 0.4) is 0 Å². The van der Waals surface area contributed by atoms with E-state index < -0.39 is 0 Å². The molecule has 0 saturated carbocycles. The summed E-state index contributed by atoms with van der Waals surface area (Å²) in [5.74, 6) is 3.31. The molecule has 5 heteroatoms. The van der Waals surface area contributed by atoms with Crippen LogP contribution in [0.4, 0.5) is 0 Å². The Bertz CT molecular complexity index is 321. The molecule has 1 nitrogen and oxygen atoms in total. The summed E-state index contributed by atoms with van der Waals surface area (Å²) in [7, 11) is 0. The molecule has 0 aliphatic heterocycles. The van der Waals surface area contributed by atoms with Gasteiger partial charge in [-0.05, 0) is 36.9 Å². The van der Waals surface area contributed by atoms with Crippen molar-refractivity contribution in [2.75, 3.05) is 23.8 Å². The molecular formula is C11H15Cl2NS2. The molecule has 0 aromatic heterocycles. The number of benzene rings is 1. The van der Waals surface area contributed by atoms with Gasteiger partial charge in [0.25, 0.3) is 0 Å². The van der Waals surface area contributed by atoms with Crippen molar-refractivity contribution in [3.63, 3.8) is 0 Å². The Morgan fingerprint density at radius 1 is 1.12 bits per heavy atom. The highest BCUT2D eigenvalue weighted by Gasteiger charge is 2.01. The van der Waals surface area contributed by atoms with Gasteiger partial charge in [0.05, 0.1) is 5.02 Å². The van der Waals surface area contributed by atoms with Crippen molar-refractivity contribution < 1.29 is 0 Å². The first-order valence-corrected chi connectivity index (χ1v) is 7.99. The van der Waals surface area contributed by atoms with Crippen LogP contribution in [0.25, 0.3) is 0 Å². The summed E-state index contributed by atoms with van der Waals surface area (Å²) in [5.41, 5.74) is 5.42. The minimum absolute atomic E-state index is 0.739. The number of hydrogen-bond donors (Lipinski definition) is 1. The fourth-order valence-corrected chi connectivity index (χ4v) is 3.62. The van der Waals surface area contributed by atoms with Gasteiger partial charge in [-0.2, -0.15) is 11.8 Å². The largest absolute Gasteiger partial charge is 0.330 e. The van der Waals surface area contributed by atoms with E-state index in [1.165, 1.54) is 0 Å². The third kappa shape index (κ3) is 5.69. The molecule has 0 radical (unpaired) electrons. The number of halogens is 2. The van der Waals surface area contributed by atoms with Gasteiger partial charge in [-0.15, -0.1) is 11.8 Å². The van der Waals surface area contributed by atoms with Crippen LogP contribution in [-0.2, 0) is 0 Å². The molecule has 0 aliphatic rings. The predicted octanol–water partition coefficient (Wildman–Crippen LogP) is 4.17. The quantitative estimate of drug-likeness (QED) is 0.604. The summed E-state index contributed by atoms with van der Waals surface area (Å²) in [6.07, 6.45) is 1.09. The second-order valence-electron chi connectivity index (χ2n) is 3.18. The lowest BCUT2D eigenvalue weighted by atomic mass is 10.4. The third-order valence-electron chi connectivity index (χ3n) is 1.87. The van der Waals surface area contributed by atoms with Crippen molar-refractivity contribution in [3.05, 3.63) is 28.2 Å². The molecule has 0 aliphatic carbocycles. The van der Waals surface area contributed by atoms with E-state index in [-0.39, 0.29) is 0 Å². The molecular weight excluding hydrogens is 281 g/mol. The van der Waals surface area contributed by atoms with E-state index in [1.807, 2.05) is 30.0 Å². The summed E-state index contributed by atoms with van der Waals surface area (Å²) in [5, 5.41) is 1.52. The first kappa shape index (κ1) is 14.5. The van der Waals surface area contributed by atoms with Gasteiger partial charge in [-0.25, -0.2) is 0 Å². The zero-order chi connectivity index (χ0) is 11.8. The van der Waals surface area contributed by atoms with Gasteiger partial charge in [0.2, 0.25) is 0 Å². The van der Waals surface area contributed by atoms with Crippen LogP contribution in [0.15, 0.2) is 23.1 Å². The molecule has 0 atom stereocenters. The van der Waals surface area contributed by atoms with E-state index in [2.05, 4.69) is 0 Å². The van der Waals surface area contributed by atoms with E-state index in [0.717, 1.165) is 45.2 Å². The lowest BCUT2D eigenvalue weighted by Crippen LogP contribution is -2.00. The number of thioether (sulfide) groups is 2. The van der Waals surface area contributed by atoms with Crippen molar-refractivity contribution in [2.45, 2.75) is 11.3 Å². The number of nitrogens with two attached hydrogens (primary N) is 1. The van der Waals surface area contributed by atoms with Crippen LogP contribution in [0.1, 0.15) is 6.42 Å². The molecule has 0 unspecified atom stereocenters. The molecule has 2 N–H and O–H groups in total. The van der Waals surface area contributed by atoms with E-state index in [0.29, 0.717) is 0 Å². The Hall–Kier alpha value is 0.460. The second-order valence-corrected chi connectivity index (χ2v) is 6.38. The lowest BCUT2D eigenvalue weighted by molar-refractivity contribution is 0.943. The van der Waals surface area contributed by atoms with Crippen LogP contribution in [0.2, 0.25) is 10.0 Å². The summed E-state index contributed by atoms with van der Waals surface area (Å²) < 4.78 is 0. The van der Waals surface area contributed by atoms with Gasteiger partial charge in [0.1, 0.15) is 0 Å². The second kappa shape index (κ2) is 8.54. The SMILES string of the molecule is NCCCSCCSc1cc(Cl)ccc1Cl. The van der Waals surface area contributed by atoms with E-state index in [9.17, 15) is 0 Å². The van der Waals surface area contributed by atoms with E-state index in [1.54, 1.807) is 11.8 Å². The van der Waals surface area contributed by atoms with Crippen molar-refractivity contribution in [1.29, 1.82) is 0 Å². The average Bonchev–Trinajstić information content (AvgIpc) is 2.28. The molecule has 0 heterocycles. The lowest BCUT2D eigenvalue weighted by Gasteiger charge is -2.04. The molecule has 0 amide bonds. The van der Waals surface area contributed by atoms with Gasteiger partial charge in [0, 0.05) is 21.4 Å². The normalized spacial score (nSPS) is 10.7. The molecule has 1 aromatic carbocycles. The minimum Gasteiger partial charge on any atom is -0.330 e. The molecule has 1 rings (SSSR count). The van der Waals surface area contributed by atoms with Crippen LogP contribution < -0.4 is 5.73 Å². The van der Waals surface area contributed by atoms with Crippen LogP contribution in [-0.4, -0.2) is 23.8 Å². The monoisotopic (exact) mass is 295 g/mol. The maximum Gasteiger partial charge on any atom is 0.0542 e. The molecule has 0 bridgehead atoms. The predicted molar refractivity (Wildman–Crippen MR) is 78.2 cm³/mol. The smallest absolute Gasteiger partial charge is 0.0542 e. The Balaban J connectivity index is 2.23. The summed E-state index contributed by atoms with van der Waals surface area (Å²) in [6, 6.07) is 5.57. The first-order chi connectivity index (χ1) is 7.74. The fraction of sp³-hybridized carbons (Fsp3) is 0.455.